The lowest BCUT2D eigenvalue weighted by atomic mass is 9.84. The molecule has 0 aromatic carbocycles. The monoisotopic (exact) mass is 287 g/mol. The van der Waals surface area contributed by atoms with Crippen LogP contribution in [0.1, 0.15) is 33.6 Å². The molecule has 6 heteroatoms. The minimum absolute atomic E-state index is 0.0769. The van der Waals surface area contributed by atoms with Crippen molar-refractivity contribution in [2.24, 2.45) is 11.3 Å². The lowest BCUT2D eigenvalue weighted by Gasteiger charge is -2.24. The molecule has 0 aromatic heterocycles. The number of urea groups is 1. The van der Waals surface area contributed by atoms with Gasteiger partial charge in [0.25, 0.3) is 0 Å². The first-order valence-electron chi connectivity index (χ1n) is 7.03. The molecule has 1 atom stereocenters. The van der Waals surface area contributed by atoms with Crippen molar-refractivity contribution < 1.29 is 14.7 Å². The zero-order valence-corrected chi connectivity index (χ0v) is 13.3. The first-order chi connectivity index (χ1) is 9.17. The molecule has 0 radical (unpaired) electrons. The van der Waals surface area contributed by atoms with Crippen molar-refractivity contribution in [3.8, 4) is 0 Å². The van der Waals surface area contributed by atoms with Gasteiger partial charge >= 0.3 is 12.0 Å². The Morgan fingerprint density at radius 1 is 1.30 bits per heavy atom. The fourth-order valence-electron chi connectivity index (χ4n) is 1.93. The average molecular weight is 287 g/mol. The van der Waals surface area contributed by atoms with Crippen LogP contribution in [-0.4, -0.2) is 55.7 Å². The molecule has 0 rings (SSSR count). The van der Waals surface area contributed by atoms with E-state index in [4.69, 9.17) is 0 Å². The highest BCUT2D eigenvalue weighted by Crippen LogP contribution is 2.24. The summed E-state index contributed by atoms with van der Waals surface area (Å²) in [6.07, 6.45) is 1.40. The SMILES string of the molecule is CNCCCN(C)C(=O)NCC(CC(C)(C)C)C(=O)O. The molecule has 0 saturated carbocycles. The molecule has 0 aliphatic heterocycles. The Labute approximate surface area is 121 Å². The smallest absolute Gasteiger partial charge is 0.317 e. The Balaban J connectivity index is 4.20. The number of rotatable bonds is 8. The molecule has 0 aliphatic carbocycles. The Hall–Kier alpha value is -1.30. The van der Waals surface area contributed by atoms with Crippen molar-refractivity contribution in [3.05, 3.63) is 0 Å². The van der Waals surface area contributed by atoms with Crippen LogP contribution in [0.2, 0.25) is 0 Å². The Morgan fingerprint density at radius 2 is 1.90 bits per heavy atom. The predicted octanol–water partition coefficient (Wildman–Crippen LogP) is 1.37. The number of amides is 2. The summed E-state index contributed by atoms with van der Waals surface area (Å²) in [6, 6.07) is -0.221. The van der Waals surface area contributed by atoms with E-state index in [9.17, 15) is 14.7 Å². The maximum Gasteiger partial charge on any atom is 0.317 e. The molecule has 0 fully saturated rings. The van der Waals surface area contributed by atoms with Crippen LogP contribution in [0.5, 0.6) is 0 Å². The Morgan fingerprint density at radius 3 is 2.35 bits per heavy atom. The van der Waals surface area contributed by atoms with Gasteiger partial charge in [0, 0.05) is 20.1 Å². The number of carboxylic acids is 1. The third-order valence-electron chi connectivity index (χ3n) is 2.97. The van der Waals surface area contributed by atoms with Gasteiger partial charge in [-0.3, -0.25) is 4.79 Å². The van der Waals surface area contributed by atoms with E-state index in [0.717, 1.165) is 13.0 Å². The molecule has 2 amide bonds. The first kappa shape index (κ1) is 18.7. The molecular formula is C14H29N3O3. The molecule has 3 N–H and O–H groups in total. The van der Waals surface area contributed by atoms with Crippen LogP contribution < -0.4 is 10.6 Å². The summed E-state index contributed by atoms with van der Waals surface area (Å²) >= 11 is 0. The van der Waals surface area contributed by atoms with Crippen molar-refractivity contribution in [1.82, 2.24) is 15.5 Å². The van der Waals surface area contributed by atoms with Crippen molar-refractivity contribution in [2.75, 3.05) is 33.7 Å². The predicted molar refractivity (Wildman–Crippen MR) is 79.8 cm³/mol. The summed E-state index contributed by atoms with van der Waals surface area (Å²) in [7, 11) is 3.58. The zero-order valence-electron chi connectivity index (χ0n) is 13.3. The fourth-order valence-corrected chi connectivity index (χ4v) is 1.93. The molecule has 6 nitrogen and oxygen atoms in total. The lowest BCUT2D eigenvalue weighted by Crippen LogP contribution is -2.42. The van der Waals surface area contributed by atoms with Gasteiger partial charge in [-0.2, -0.15) is 0 Å². The number of carboxylic acid groups (broad SMARTS) is 1. The summed E-state index contributed by atoms with van der Waals surface area (Å²) in [5.74, 6) is -1.41. The maximum atomic E-state index is 11.8. The highest BCUT2D eigenvalue weighted by molar-refractivity contribution is 5.75. The van der Waals surface area contributed by atoms with Crippen molar-refractivity contribution in [2.45, 2.75) is 33.6 Å². The zero-order chi connectivity index (χ0) is 15.8. The fraction of sp³-hybridized carbons (Fsp3) is 0.857. The second kappa shape index (κ2) is 8.79. The van der Waals surface area contributed by atoms with Crippen LogP contribution in [0, 0.1) is 11.3 Å². The number of carbonyl (C=O) groups excluding carboxylic acids is 1. The van der Waals surface area contributed by atoms with Gasteiger partial charge in [0.15, 0.2) is 0 Å². The van der Waals surface area contributed by atoms with Crippen LogP contribution in [0.15, 0.2) is 0 Å². The van der Waals surface area contributed by atoms with E-state index in [2.05, 4.69) is 10.6 Å². The van der Waals surface area contributed by atoms with Crippen LogP contribution in [0.3, 0.4) is 0 Å². The third-order valence-corrected chi connectivity index (χ3v) is 2.97. The first-order valence-corrected chi connectivity index (χ1v) is 7.03. The van der Waals surface area contributed by atoms with Gasteiger partial charge in [0.05, 0.1) is 5.92 Å². The Bertz CT molecular complexity index is 313. The highest BCUT2D eigenvalue weighted by Gasteiger charge is 2.25. The van der Waals surface area contributed by atoms with Crippen LogP contribution >= 0.6 is 0 Å². The summed E-state index contributed by atoms with van der Waals surface area (Å²) in [6.45, 7) is 7.64. The summed E-state index contributed by atoms with van der Waals surface area (Å²) in [4.78, 5) is 24.6. The minimum Gasteiger partial charge on any atom is -0.481 e. The molecule has 20 heavy (non-hydrogen) atoms. The van der Waals surface area contributed by atoms with Gasteiger partial charge in [-0.25, -0.2) is 4.79 Å². The van der Waals surface area contributed by atoms with Gasteiger partial charge in [-0.15, -0.1) is 0 Å². The topological polar surface area (TPSA) is 81.7 Å². The summed E-state index contributed by atoms with van der Waals surface area (Å²) in [5.41, 5.74) is -0.0769. The Kier molecular flexibility index (Phi) is 8.22. The number of hydrogen-bond donors (Lipinski definition) is 3. The second-order valence-electron chi connectivity index (χ2n) is 6.36. The number of nitrogens with zero attached hydrogens (tertiary/aromatic N) is 1. The molecule has 118 valence electrons. The molecule has 0 saturated heterocycles. The van der Waals surface area contributed by atoms with E-state index >= 15 is 0 Å². The molecule has 1 unspecified atom stereocenters. The van der Waals surface area contributed by atoms with Crippen molar-refractivity contribution in [1.29, 1.82) is 0 Å². The van der Waals surface area contributed by atoms with Gasteiger partial charge in [0.2, 0.25) is 0 Å². The van der Waals surface area contributed by atoms with Gasteiger partial charge in [-0.05, 0) is 31.8 Å². The van der Waals surface area contributed by atoms with Crippen LogP contribution in [0.25, 0.3) is 0 Å². The van der Waals surface area contributed by atoms with E-state index in [-0.39, 0.29) is 18.0 Å². The van der Waals surface area contributed by atoms with Crippen LogP contribution in [-0.2, 0) is 4.79 Å². The standard InChI is InChI=1S/C14H29N3O3/c1-14(2,3)9-11(12(18)19)10-16-13(20)17(5)8-6-7-15-4/h11,15H,6-10H2,1-5H3,(H,16,20)(H,18,19). The third kappa shape index (κ3) is 8.74. The summed E-state index contributed by atoms with van der Waals surface area (Å²) < 4.78 is 0. The van der Waals surface area contributed by atoms with Gasteiger partial charge in [0.1, 0.15) is 0 Å². The largest absolute Gasteiger partial charge is 0.481 e. The van der Waals surface area contributed by atoms with Crippen molar-refractivity contribution in [3.63, 3.8) is 0 Å². The van der Waals surface area contributed by atoms with E-state index < -0.39 is 11.9 Å². The van der Waals surface area contributed by atoms with Gasteiger partial charge in [-0.1, -0.05) is 20.8 Å². The van der Waals surface area contributed by atoms with E-state index in [0.29, 0.717) is 13.0 Å². The number of hydrogen-bond acceptors (Lipinski definition) is 3. The minimum atomic E-state index is -0.863. The number of aliphatic carboxylic acids is 1. The molecule has 0 aromatic rings. The van der Waals surface area contributed by atoms with E-state index in [1.54, 1.807) is 11.9 Å². The number of nitrogens with one attached hydrogen (secondary N) is 2. The molecule has 0 aliphatic rings. The second-order valence-corrected chi connectivity index (χ2v) is 6.36. The molecule has 0 spiro atoms. The van der Waals surface area contributed by atoms with Crippen LogP contribution in [0.4, 0.5) is 4.79 Å². The van der Waals surface area contributed by atoms with Gasteiger partial charge < -0.3 is 20.6 Å². The quantitative estimate of drug-likeness (QED) is 0.589. The maximum absolute atomic E-state index is 11.8. The summed E-state index contributed by atoms with van der Waals surface area (Å²) in [5, 5.41) is 14.9. The lowest BCUT2D eigenvalue weighted by molar-refractivity contribution is -0.142. The average Bonchev–Trinajstić information content (AvgIpc) is 2.32. The highest BCUT2D eigenvalue weighted by atomic mass is 16.4. The normalized spacial score (nSPS) is 12.8. The van der Waals surface area contributed by atoms with E-state index in [1.165, 1.54) is 0 Å². The molecule has 0 heterocycles. The van der Waals surface area contributed by atoms with E-state index in [1.807, 2.05) is 27.8 Å². The molecule has 0 bridgehead atoms. The van der Waals surface area contributed by atoms with Crippen molar-refractivity contribution >= 4 is 12.0 Å². The number of carbonyl (C=O) groups is 2. The molecular weight excluding hydrogens is 258 g/mol.